The van der Waals surface area contributed by atoms with Gasteiger partial charge in [0.15, 0.2) is 0 Å². The van der Waals surface area contributed by atoms with Crippen LogP contribution in [0.2, 0.25) is 0 Å². The number of nitrogens with zero attached hydrogens (tertiary/aromatic N) is 1. The van der Waals surface area contributed by atoms with E-state index in [1.54, 1.807) is 18.2 Å². The van der Waals surface area contributed by atoms with E-state index in [-0.39, 0.29) is 29.7 Å². The fourth-order valence-electron chi connectivity index (χ4n) is 7.89. The van der Waals surface area contributed by atoms with E-state index in [0.717, 1.165) is 43.3 Å². The number of rotatable bonds is 19. The number of likely N-dealkylation sites (N-methyl/N-ethyl adjacent to an activating group) is 1. The van der Waals surface area contributed by atoms with Crippen LogP contribution in [0.4, 0.5) is 5.69 Å². The molecule has 0 radical (unpaired) electrons. The second kappa shape index (κ2) is 15.4. The summed E-state index contributed by atoms with van der Waals surface area (Å²) in [7, 11) is 2.36. The molecule has 3 saturated heterocycles. The van der Waals surface area contributed by atoms with Crippen molar-refractivity contribution in [3.63, 3.8) is 0 Å². The molecular formula is C36H47N3O7S2. The van der Waals surface area contributed by atoms with Crippen molar-refractivity contribution < 1.29 is 38.9 Å². The zero-order valence-electron chi connectivity index (χ0n) is 27.4. The topological polar surface area (TPSA) is 143 Å². The number of amides is 1. The smallest absolute Gasteiger partial charge is 0.349 e. The summed E-state index contributed by atoms with van der Waals surface area (Å²) in [5.41, 5.74) is -1.00. The predicted octanol–water partition coefficient (Wildman–Crippen LogP) is 4.41. The Hall–Kier alpha value is -2.84. The van der Waals surface area contributed by atoms with Crippen molar-refractivity contribution in [3.8, 4) is 5.75 Å². The maximum absolute atomic E-state index is 13.6. The molecule has 2 aromatic heterocycles. The molecule has 4 N–H and O–H groups in total. The maximum Gasteiger partial charge on any atom is 0.349 e. The van der Waals surface area contributed by atoms with Gasteiger partial charge in [-0.25, -0.2) is 4.79 Å². The summed E-state index contributed by atoms with van der Waals surface area (Å²) >= 11 is 2.73. The standard InChI is InChI=1S/C36H47N3O7S2/c1-39(16-8-6-4-2-3-5-7-15-37-22-30(42)24-13-14-29(41)26(19-24)38-23-40)27-20-25(21-28(39)34-33(27)46-34)45-35(43)36(44,31-11-9-17-47-31)32-12-10-18-48-32/h9-14,17-19,23,25,27-28,30,33-34,37,42,44H,2-8,15-16,20-22H2,1H3,(H-,38,40,41)/t25?,27?,28?,30-,33?,34?,39?/m0/s1. The summed E-state index contributed by atoms with van der Waals surface area (Å²) in [6.45, 7) is 2.31. The number of aliphatic hydroxyl groups is 2. The van der Waals surface area contributed by atoms with Crippen molar-refractivity contribution in [3.05, 3.63) is 68.5 Å². The lowest BCUT2D eigenvalue weighted by Crippen LogP contribution is -2.63. The molecule has 10 nitrogen and oxygen atoms in total. The van der Waals surface area contributed by atoms with Crippen LogP contribution in [-0.4, -0.2) is 84.2 Å². The lowest BCUT2D eigenvalue weighted by atomic mass is 9.94. The number of thiophene rings is 2. The van der Waals surface area contributed by atoms with Crippen LogP contribution in [0.5, 0.6) is 5.75 Å². The number of unbranched alkanes of at least 4 members (excludes halogenated alkanes) is 6. The molecule has 0 spiro atoms. The Balaban J connectivity index is 0.871. The second-order valence-corrected chi connectivity index (χ2v) is 15.5. The molecule has 2 bridgehead atoms. The van der Waals surface area contributed by atoms with Crippen LogP contribution < -0.4 is 15.7 Å². The summed E-state index contributed by atoms with van der Waals surface area (Å²) in [4.78, 5) is 25.4. The molecule has 3 aliphatic rings. The van der Waals surface area contributed by atoms with Gasteiger partial charge in [-0.3, -0.25) is 4.79 Å². The third-order valence-electron chi connectivity index (χ3n) is 10.6. The van der Waals surface area contributed by atoms with Gasteiger partial charge >= 0.3 is 5.97 Å². The normalized spacial score (nSPS) is 26.5. The number of aliphatic hydroxyl groups excluding tert-OH is 1. The van der Waals surface area contributed by atoms with Gasteiger partial charge < -0.3 is 39.9 Å². The van der Waals surface area contributed by atoms with Crippen LogP contribution >= 0.6 is 22.7 Å². The fourth-order valence-corrected chi connectivity index (χ4v) is 9.60. The number of fused-ring (bicyclic) bond motifs is 5. The third kappa shape index (κ3) is 7.35. The Morgan fingerprint density at radius 3 is 2.27 bits per heavy atom. The number of hydrogen-bond acceptors (Lipinski definition) is 10. The fraction of sp³-hybridized carbons (Fsp3) is 0.556. The number of ether oxygens (including phenoxy) is 2. The monoisotopic (exact) mass is 697 g/mol. The van der Waals surface area contributed by atoms with Gasteiger partial charge in [0.2, 0.25) is 12.0 Å². The Kier molecular flexibility index (Phi) is 11.2. The van der Waals surface area contributed by atoms with Crippen LogP contribution in [0.1, 0.15) is 79.2 Å². The number of quaternary nitrogens is 1. The number of hydrogen-bond donors (Lipinski definition) is 4. The molecule has 3 aromatic rings. The average Bonchev–Trinajstić information content (AvgIpc) is 3.38. The highest BCUT2D eigenvalue weighted by Crippen LogP contribution is 2.53. The Morgan fingerprint density at radius 1 is 1.04 bits per heavy atom. The molecular weight excluding hydrogens is 651 g/mol. The van der Waals surface area contributed by atoms with E-state index in [4.69, 9.17) is 9.47 Å². The molecule has 3 aliphatic heterocycles. The Labute approximate surface area is 290 Å². The molecule has 6 rings (SSSR count). The molecule has 4 unspecified atom stereocenters. The number of benzene rings is 1. The van der Waals surface area contributed by atoms with Crippen LogP contribution in [0.3, 0.4) is 0 Å². The van der Waals surface area contributed by atoms with Crippen molar-refractivity contribution >= 4 is 40.7 Å². The highest BCUT2D eigenvalue weighted by molar-refractivity contribution is 7.12. The number of carbonyl (C=O) groups is 2. The van der Waals surface area contributed by atoms with Crippen molar-refractivity contribution in [2.75, 3.05) is 32.0 Å². The number of esters is 1. The summed E-state index contributed by atoms with van der Waals surface area (Å²) in [6.07, 6.45) is 9.66. The van der Waals surface area contributed by atoms with Crippen LogP contribution in [0.25, 0.3) is 0 Å². The highest BCUT2D eigenvalue weighted by atomic mass is 32.1. The average molecular weight is 698 g/mol. The van der Waals surface area contributed by atoms with Gasteiger partial charge in [-0.05, 0) is 60.3 Å². The van der Waals surface area contributed by atoms with Gasteiger partial charge in [-0.1, -0.05) is 55.7 Å². The van der Waals surface area contributed by atoms with Gasteiger partial charge in [0, 0.05) is 25.1 Å². The van der Waals surface area contributed by atoms with Gasteiger partial charge in [-0.15, -0.1) is 22.7 Å². The first-order valence-corrected chi connectivity index (χ1v) is 18.9. The zero-order valence-corrected chi connectivity index (χ0v) is 29.1. The van der Waals surface area contributed by atoms with E-state index in [9.17, 15) is 24.9 Å². The number of epoxide rings is 1. The third-order valence-corrected chi connectivity index (χ3v) is 12.6. The van der Waals surface area contributed by atoms with E-state index in [0.29, 0.717) is 40.4 Å². The van der Waals surface area contributed by atoms with E-state index < -0.39 is 17.7 Å². The van der Waals surface area contributed by atoms with Crippen molar-refractivity contribution in [1.29, 1.82) is 0 Å². The molecule has 260 valence electrons. The molecule has 0 saturated carbocycles. The number of nitrogens with one attached hydrogen (secondary N) is 2. The molecule has 1 aromatic carbocycles. The van der Waals surface area contributed by atoms with E-state index in [1.807, 2.05) is 22.9 Å². The number of anilines is 1. The minimum Gasteiger partial charge on any atom is -0.871 e. The van der Waals surface area contributed by atoms with E-state index >= 15 is 0 Å². The molecule has 48 heavy (non-hydrogen) atoms. The van der Waals surface area contributed by atoms with Crippen molar-refractivity contribution in [1.82, 2.24) is 5.32 Å². The summed E-state index contributed by atoms with van der Waals surface area (Å²) < 4.78 is 13.2. The molecule has 0 aliphatic carbocycles. The lowest BCUT2D eigenvalue weighted by Gasteiger charge is -2.48. The van der Waals surface area contributed by atoms with Crippen molar-refractivity contribution in [2.24, 2.45) is 0 Å². The number of carbonyl (C=O) groups excluding carboxylic acids is 2. The van der Waals surface area contributed by atoms with E-state index in [2.05, 4.69) is 17.7 Å². The minimum atomic E-state index is -1.77. The van der Waals surface area contributed by atoms with Gasteiger partial charge in [0.1, 0.15) is 30.4 Å². The molecule has 12 heteroatoms. The summed E-state index contributed by atoms with van der Waals surface area (Å²) in [5, 5.41) is 43.2. The minimum absolute atomic E-state index is 0.174. The van der Waals surface area contributed by atoms with Crippen LogP contribution in [0, 0.1) is 0 Å². The number of morpholine rings is 1. The Bertz CT molecular complexity index is 1450. The van der Waals surface area contributed by atoms with Gasteiger partial charge in [0.05, 0.1) is 29.5 Å². The first kappa shape index (κ1) is 35.0. The van der Waals surface area contributed by atoms with Gasteiger partial charge in [0.25, 0.3) is 0 Å². The first-order valence-electron chi connectivity index (χ1n) is 17.2. The predicted molar refractivity (Wildman–Crippen MR) is 184 cm³/mol. The summed E-state index contributed by atoms with van der Waals surface area (Å²) in [5.74, 6) is -0.860. The quantitative estimate of drug-likeness (QED) is 0.0475. The van der Waals surface area contributed by atoms with E-state index in [1.165, 1.54) is 66.9 Å². The van der Waals surface area contributed by atoms with Gasteiger partial charge in [-0.2, -0.15) is 0 Å². The molecule has 3 fully saturated rings. The second-order valence-electron chi connectivity index (χ2n) is 13.6. The van der Waals surface area contributed by atoms with Crippen LogP contribution in [-0.2, 0) is 24.7 Å². The SMILES string of the molecule is C[N+]1(CCCCCCCCCNC[C@H](O)c2ccc([O-])c(NC=O)c2)C2CC(OC(=O)C(O)(c3cccs3)c3cccs3)CC1C1OC12. The zero-order chi connectivity index (χ0) is 33.7. The lowest BCUT2D eigenvalue weighted by molar-refractivity contribution is -0.956. The summed E-state index contributed by atoms with van der Waals surface area (Å²) in [6, 6.07) is 12.4. The first-order chi connectivity index (χ1) is 23.3. The maximum atomic E-state index is 13.6. The number of piperidine rings is 1. The molecule has 1 amide bonds. The van der Waals surface area contributed by atoms with Crippen LogP contribution in [0.15, 0.2) is 53.2 Å². The largest absolute Gasteiger partial charge is 0.871 e. The highest BCUT2D eigenvalue weighted by Gasteiger charge is 2.72. The molecule has 5 heterocycles. The molecule has 5 atom stereocenters. The Morgan fingerprint density at radius 2 is 1.67 bits per heavy atom. The van der Waals surface area contributed by atoms with Crippen molar-refractivity contribution in [2.45, 2.75) is 99.9 Å².